The zero-order valence-corrected chi connectivity index (χ0v) is 10.9. The van der Waals surface area contributed by atoms with Gasteiger partial charge in [-0.25, -0.2) is 0 Å². The predicted molar refractivity (Wildman–Crippen MR) is 70.8 cm³/mol. The molecular formula is C14H22N2O. The third-order valence-corrected chi connectivity index (χ3v) is 2.89. The lowest BCUT2D eigenvalue weighted by Crippen LogP contribution is -2.39. The minimum Gasteiger partial charge on any atom is -0.353 e. The van der Waals surface area contributed by atoms with Gasteiger partial charge in [-0.15, -0.1) is 0 Å². The van der Waals surface area contributed by atoms with Crippen molar-refractivity contribution in [3.8, 4) is 0 Å². The average molecular weight is 234 g/mol. The molecule has 0 saturated carbocycles. The second-order valence-corrected chi connectivity index (χ2v) is 4.39. The lowest BCUT2D eigenvalue weighted by Gasteiger charge is -2.16. The van der Waals surface area contributed by atoms with Gasteiger partial charge >= 0.3 is 0 Å². The molecule has 2 N–H and O–H groups in total. The van der Waals surface area contributed by atoms with E-state index in [0.717, 1.165) is 6.42 Å². The molecule has 3 heteroatoms. The Morgan fingerprint density at radius 2 is 1.88 bits per heavy atom. The van der Waals surface area contributed by atoms with Gasteiger partial charge in [0, 0.05) is 12.1 Å². The number of rotatable bonds is 6. The van der Waals surface area contributed by atoms with Gasteiger partial charge in [-0.3, -0.25) is 4.79 Å². The molecule has 1 amide bonds. The number of benzene rings is 1. The van der Waals surface area contributed by atoms with Crippen LogP contribution in [0, 0.1) is 0 Å². The van der Waals surface area contributed by atoms with E-state index in [1.54, 1.807) is 0 Å². The van der Waals surface area contributed by atoms with Gasteiger partial charge in [0.1, 0.15) is 0 Å². The molecule has 1 rings (SSSR count). The first kappa shape index (κ1) is 13.7. The summed E-state index contributed by atoms with van der Waals surface area (Å²) in [5.41, 5.74) is 1.20. The third-order valence-electron chi connectivity index (χ3n) is 2.89. The van der Waals surface area contributed by atoms with Gasteiger partial charge in [-0.2, -0.15) is 0 Å². The van der Waals surface area contributed by atoms with Crippen LogP contribution in [0.3, 0.4) is 0 Å². The Morgan fingerprint density at radius 3 is 2.47 bits per heavy atom. The highest BCUT2D eigenvalue weighted by Crippen LogP contribution is 2.10. The van der Waals surface area contributed by atoms with Crippen LogP contribution >= 0.6 is 0 Å². The van der Waals surface area contributed by atoms with Gasteiger partial charge in [0.05, 0.1) is 6.54 Å². The van der Waals surface area contributed by atoms with Crippen molar-refractivity contribution >= 4 is 5.91 Å². The summed E-state index contributed by atoms with van der Waals surface area (Å²) in [6.07, 6.45) is 0.958. The molecule has 2 atom stereocenters. The lowest BCUT2D eigenvalue weighted by molar-refractivity contribution is -0.120. The Labute approximate surface area is 104 Å². The first-order chi connectivity index (χ1) is 8.13. The SMILES string of the molecule is CCC(C)NC(=O)CN[C@@H](C)c1ccccc1. The maximum atomic E-state index is 11.6. The van der Waals surface area contributed by atoms with Crippen LogP contribution in [0.15, 0.2) is 30.3 Å². The topological polar surface area (TPSA) is 41.1 Å². The van der Waals surface area contributed by atoms with Crippen molar-refractivity contribution < 1.29 is 4.79 Å². The fourth-order valence-corrected chi connectivity index (χ4v) is 1.53. The van der Waals surface area contributed by atoms with E-state index in [0.29, 0.717) is 6.54 Å². The Morgan fingerprint density at radius 1 is 1.24 bits per heavy atom. The predicted octanol–water partition coefficient (Wildman–Crippen LogP) is 2.25. The molecular weight excluding hydrogens is 212 g/mol. The largest absolute Gasteiger partial charge is 0.353 e. The van der Waals surface area contributed by atoms with Gasteiger partial charge in [-0.1, -0.05) is 37.3 Å². The molecule has 1 aromatic rings. The van der Waals surface area contributed by atoms with Crippen LogP contribution in [0.5, 0.6) is 0 Å². The van der Waals surface area contributed by atoms with Crippen molar-refractivity contribution in [3.05, 3.63) is 35.9 Å². The molecule has 3 nitrogen and oxygen atoms in total. The highest BCUT2D eigenvalue weighted by Gasteiger charge is 2.08. The molecule has 94 valence electrons. The first-order valence-corrected chi connectivity index (χ1v) is 6.21. The fourth-order valence-electron chi connectivity index (χ4n) is 1.53. The number of carbonyl (C=O) groups is 1. The minimum atomic E-state index is 0.0575. The molecule has 0 aromatic heterocycles. The Kier molecular flexibility index (Phi) is 5.70. The Hall–Kier alpha value is -1.35. The molecule has 0 fully saturated rings. The van der Waals surface area contributed by atoms with Crippen LogP contribution in [0.1, 0.15) is 38.8 Å². The van der Waals surface area contributed by atoms with Gasteiger partial charge in [-0.05, 0) is 25.8 Å². The molecule has 1 aromatic carbocycles. The van der Waals surface area contributed by atoms with E-state index in [1.165, 1.54) is 5.56 Å². The Balaban J connectivity index is 2.33. The first-order valence-electron chi connectivity index (χ1n) is 6.21. The smallest absolute Gasteiger partial charge is 0.234 e. The van der Waals surface area contributed by atoms with Crippen LogP contribution in [-0.2, 0) is 4.79 Å². The minimum absolute atomic E-state index is 0.0575. The number of hydrogen-bond acceptors (Lipinski definition) is 2. The zero-order valence-electron chi connectivity index (χ0n) is 10.9. The standard InChI is InChI=1S/C14H22N2O/c1-4-11(2)16-14(17)10-15-12(3)13-8-6-5-7-9-13/h5-9,11-12,15H,4,10H2,1-3H3,(H,16,17)/t11?,12-/m0/s1. The van der Waals surface area contributed by atoms with Crippen LogP contribution in [0.2, 0.25) is 0 Å². The molecule has 0 spiro atoms. The molecule has 0 radical (unpaired) electrons. The van der Waals surface area contributed by atoms with Crippen molar-refractivity contribution in [2.24, 2.45) is 0 Å². The molecule has 1 unspecified atom stereocenters. The van der Waals surface area contributed by atoms with E-state index >= 15 is 0 Å². The summed E-state index contributed by atoms with van der Waals surface area (Å²) in [4.78, 5) is 11.6. The monoisotopic (exact) mass is 234 g/mol. The van der Waals surface area contributed by atoms with Crippen molar-refractivity contribution in [3.63, 3.8) is 0 Å². The molecule has 0 aliphatic heterocycles. The Bertz CT molecular complexity index is 337. The molecule has 0 saturated heterocycles. The quantitative estimate of drug-likeness (QED) is 0.792. The van der Waals surface area contributed by atoms with E-state index in [1.807, 2.05) is 25.1 Å². The zero-order chi connectivity index (χ0) is 12.7. The van der Waals surface area contributed by atoms with Crippen molar-refractivity contribution in [2.45, 2.75) is 39.3 Å². The van der Waals surface area contributed by atoms with Gasteiger partial charge < -0.3 is 10.6 Å². The normalized spacial score (nSPS) is 14.1. The lowest BCUT2D eigenvalue weighted by atomic mass is 10.1. The van der Waals surface area contributed by atoms with Crippen LogP contribution in [-0.4, -0.2) is 18.5 Å². The summed E-state index contributed by atoms with van der Waals surface area (Å²) in [6.45, 7) is 6.50. The van der Waals surface area contributed by atoms with Gasteiger partial charge in [0.25, 0.3) is 0 Å². The summed E-state index contributed by atoms with van der Waals surface area (Å²) < 4.78 is 0. The fraction of sp³-hybridized carbons (Fsp3) is 0.500. The van der Waals surface area contributed by atoms with Crippen LogP contribution in [0.4, 0.5) is 0 Å². The maximum absolute atomic E-state index is 11.6. The number of carbonyl (C=O) groups excluding carboxylic acids is 1. The van der Waals surface area contributed by atoms with Gasteiger partial charge in [0.15, 0.2) is 0 Å². The number of nitrogens with one attached hydrogen (secondary N) is 2. The molecule has 0 bridgehead atoms. The summed E-state index contributed by atoms with van der Waals surface area (Å²) in [5, 5.41) is 6.15. The second kappa shape index (κ2) is 7.07. The van der Waals surface area contributed by atoms with E-state index in [4.69, 9.17) is 0 Å². The molecule has 0 aliphatic rings. The molecule has 0 heterocycles. The highest BCUT2D eigenvalue weighted by atomic mass is 16.1. The van der Waals surface area contributed by atoms with Crippen molar-refractivity contribution in [2.75, 3.05) is 6.54 Å². The highest BCUT2D eigenvalue weighted by molar-refractivity contribution is 5.78. The summed E-state index contributed by atoms with van der Waals surface area (Å²) >= 11 is 0. The van der Waals surface area contributed by atoms with Crippen molar-refractivity contribution in [1.29, 1.82) is 0 Å². The van der Waals surface area contributed by atoms with E-state index in [2.05, 4.69) is 36.6 Å². The summed E-state index contributed by atoms with van der Waals surface area (Å²) in [7, 11) is 0. The third kappa shape index (κ3) is 5.00. The van der Waals surface area contributed by atoms with Gasteiger partial charge in [0.2, 0.25) is 5.91 Å². The van der Waals surface area contributed by atoms with Crippen molar-refractivity contribution in [1.82, 2.24) is 10.6 Å². The summed E-state index contributed by atoms with van der Waals surface area (Å²) in [6, 6.07) is 10.6. The number of amides is 1. The van der Waals surface area contributed by atoms with Crippen LogP contribution < -0.4 is 10.6 Å². The van der Waals surface area contributed by atoms with E-state index in [-0.39, 0.29) is 18.0 Å². The average Bonchev–Trinajstić information content (AvgIpc) is 2.36. The maximum Gasteiger partial charge on any atom is 0.234 e. The molecule has 17 heavy (non-hydrogen) atoms. The molecule has 0 aliphatic carbocycles. The van der Waals surface area contributed by atoms with Crippen LogP contribution in [0.25, 0.3) is 0 Å². The van der Waals surface area contributed by atoms with E-state index < -0.39 is 0 Å². The summed E-state index contributed by atoms with van der Waals surface area (Å²) in [5.74, 6) is 0.0575. The second-order valence-electron chi connectivity index (χ2n) is 4.39. The van der Waals surface area contributed by atoms with E-state index in [9.17, 15) is 4.79 Å². The number of hydrogen-bond donors (Lipinski definition) is 2.